The van der Waals surface area contributed by atoms with Crippen LogP contribution in [0.15, 0.2) is 66.9 Å². The van der Waals surface area contributed by atoms with Crippen LogP contribution < -0.4 is 0 Å². The molecule has 1 aromatic heterocycles. The standard InChI is InChI=1S/C19H14N2/c1-14-7-6-12-21-19(14)18-11-5-4-10-17(18)16-9-3-2-8-15(16)13-20/h2-12H,1H3. The number of nitriles is 1. The summed E-state index contributed by atoms with van der Waals surface area (Å²) in [4.78, 5) is 4.51. The number of hydrogen-bond donors (Lipinski definition) is 0. The van der Waals surface area contributed by atoms with Gasteiger partial charge in [0.25, 0.3) is 0 Å². The molecule has 1 heterocycles. The number of aryl methyl sites for hydroxylation is 1. The van der Waals surface area contributed by atoms with Gasteiger partial charge < -0.3 is 0 Å². The Morgan fingerprint density at radius 1 is 0.810 bits per heavy atom. The molecule has 0 atom stereocenters. The molecule has 3 rings (SSSR count). The van der Waals surface area contributed by atoms with E-state index in [1.807, 2.05) is 48.5 Å². The van der Waals surface area contributed by atoms with Gasteiger partial charge in [-0.15, -0.1) is 0 Å². The second-order valence-electron chi connectivity index (χ2n) is 4.87. The highest BCUT2D eigenvalue weighted by atomic mass is 14.7. The predicted octanol–water partition coefficient (Wildman–Crippen LogP) is 4.60. The lowest BCUT2D eigenvalue weighted by atomic mass is 9.93. The summed E-state index contributed by atoms with van der Waals surface area (Å²) in [6, 6.07) is 22.0. The fourth-order valence-corrected chi connectivity index (χ4v) is 2.51. The van der Waals surface area contributed by atoms with E-state index in [1.54, 1.807) is 6.20 Å². The van der Waals surface area contributed by atoms with Crippen molar-refractivity contribution in [2.45, 2.75) is 6.92 Å². The van der Waals surface area contributed by atoms with Crippen molar-refractivity contribution in [2.24, 2.45) is 0 Å². The van der Waals surface area contributed by atoms with Crippen LogP contribution in [0.25, 0.3) is 22.4 Å². The van der Waals surface area contributed by atoms with Crippen LogP contribution in [0.1, 0.15) is 11.1 Å². The molecule has 0 N–H and O–H groups in total. The van der Waals surface area contributed by atoms with Crippen molar-refractivity contribution >= 4 is 0 Å². The van der Waals surface area contributed by atoms with Crippen LogP contribution in [-0.4, -0.2) is 4.98 Å². The van der Waals surface area contributed by atoms with Gasteiger partial charge in [0, 0.05) is 17.3 Å². The Kier molecular flexibility index (Phi) is 3.49. The third-order valence-corrected chi connectivity index (χ3v) is 3.53. The lowest BCUT2D eigenvalue weighted by Gasteiger charge is -2.12. The molecule has 2 aromatic carbocycles. The molecule has 0 fully saturated rings. The number of nitrogens with zero attached hydrogens (tertiary/aromatic N) is 2. The van der Waals surface area contributed by atoms with Crippen molar-refractivity contribution in [3.8, 4) is 28.5 Å². The van der Waals surface area contributed by atoms with Crippen LogP contribution >= 0.6 is 0 Å². The first-order chi connectivity index (χ1) is 10.3. The summed E-state index contributed by atoms with van der Waals surface area (Å²) in [5, 5.41) is 9.33. The van der Waals surface area contributed by atoms with Gasteiger partial charge in [0.15, 0.2) is 0 Å². The smallest absolute Gasteiger partial charge is 0.0998 e. The van der Waals surface area contributed by atoms with E-state index in [0.29, 0.717) is 5.56 Å². The Labute approximate surface area is 124 Å². The molecule has 0 saturated heterocycles. The Balaban J connectivity index is 2.27. The van der Waals surface area contributed by atoms with E-state index < -0.39 is 0 Å². The predicted molar refractivity (Wildman–Crippen MR) is 84.6 cm³/mol. The quantitative estimate of drug-likeness (QED) is 0.682. The van der Waals surface area contributed by atoms with Crippen LogP contribution in [0, 0.1) is 18.3 Å². The normalized spacial score (nSPS) is 10.1. The monoisotopic (exact) mass is 270 g/mol. The maximum atomic E-state index is 9.33. The van der Waals surface area contributed by atoms with Gasteiger partial charge >= 0.3 is 0 Å². The van der Waals surface area contributed by atoms with Gasteiger partial charge in [-0.2, -0.15) is 5.26 Å². The largest absolute Gasteiger partial charge is 0.256 e. The van der Waals surface area contributed by atoms with E-state index in [4.69, 9.17) is 0 Å². The lowest BCUT2D eigenvalue weighted by molar-refractivity contribution is 1.27. The maximum Gasteiger partial charge on any atom is 0.0998 e. The minimum absolute atomic E-state index is 0.679. The molecule has 2 nitrogen and oxygen atoms in total. The maximum absolute atomic E-state index is 9.33. The van der Waals surface area contributed by atoms with Gasteiger partial charge in [0.05, 0.1) is 17.3 Å². The minimum Gasteiger partial charge on any atom is -0.256 e. The molecule has 21 heavy (non-hydrogen) atoms. The molecule has 100 valence electrons. The van der Waals surface area contributed by atoms with Crippen molar-refractivity contribution in [3.05, 3.63) is 78.0 Å². The van der Waals surface area contributed by atoms with E-state index >= 15 is 0 Å². The van der Waals surface area contributed by atoms with Gasteiger partial charge in [-0.1, -0.05) is 48.5 Å². The summed E-state index contributed by atoms with van der Waals surface area (Å²) in [5.74, 6) is 0. The van der Waals surface area contributed by atoms with Crippen molar-refractivity contribution in [2.75, 3.05) is 0 Å². The Morgan fingerprint density at radius 2 is 1.48 bits per heavy atom. The van der Waals surface area contributed by atoms with Crippen molar-refractivity contribution in [1.82, 2.24) is 4.98 Å². The van der Waals surface area contributed by atoms with Gasteiger partial charge in [-0.05, 0) is 30.2 Å². The van der Waals surface area contributed by atoms with Crippen molar-refractivity contribution in [3.63, 3.8) is 0 Å². The Bertz CT molecular complexity index is 829. The van der Waals surface area contributed by atoms with Gasteiger partial charge in [0.2, 0.25) is 0 Å². The average Bonchev–Trinajstić information content (AvgIpc) is 2.55. The van der Waals surface area contributed by atoms with E-state index in [-0.39, 0.29) is 0 Å². The highest BCUT2D eigenvalue weighted by molar-refractivity contribution is 5.85. The van der Waals surface area contributed by atoms with Crippen LogP contribution in [0.5, 0.6) is 0 Å². The first-order valence-electron chi connectivity index (χ1n) is 6.82. The molecule has 0 radical (unpaired) electrons. The summed E-state index contributed by atoms with van der Waals surface area (Å²) in [7, 11) is 0. The highest BCUT2D eigenvalue weighted by Gasteiger charge is 2.12. The summed E-state index contributed by atoms with van der Waals surface area (Å²) >= 11 is 0. The molecule has 0 unspecified atom stereocenters. The third kappa shape index (κ3) is 2.42. The topological polar surface area (TPSA) is 36.7 Å². The van der Waals surface area contributed by atoms with E-state index in [9.17, 15) is 5.26 Å². The molecule has 0 spiro atoms. The Morgan fingerprint density at radius 3 is 2.19 bits per heavy atom. The fraction of sp³-hybridized carbons (Fsp3) is 0.0526. The molecule has 2 heteroatoms. The summed E-state index contributed by atoms with van der Waals surface area (Å²) in [5.41, 5.74) is 5.80. The Hall–Kier alpha value is -2.92. The van der Waals surface area contributed by atoms with E-state index in [2.05, 4.69) is 30.1 Å². The molecule has 0 amide bonds. The second-order valence-corrected chi connectivity index (χ2v) is 4.87. The number of hydrogen-bond acceptors (Lipinski definition) is 2. The summed E-state index contributed by atoms with van der Waals surface area (Å²) in [6.45, 7) is 2.05. The van der Waals surface area contributed by atoms with Crippen molar-refractivity contribution < 1.29 is 0 Å². The van der Waals surface area contributed by atoms with Gasteiger partial charge in [0.1, 0.15) is 0 Å². The zero-order chi connectivity index (χ0) is 14.7. The van der Waals surface area contributed by atoms with Crippen molar-refractivity contribution in [1.29, 1.82) is 5.26 Å². The molecule has 3 aromatic rings. The van der Waals surface area contributed by atoms with E-state index in [1.165, 1.54) is 0 Å². The number of rotatable bonds is 2. The molecule has 0 aliphatic heterocycles. The number of aromatic nitrogens is 1. The van der Waals surface area contributed by atoms with Crippen LogP contribution in [0.4, 0.5) is 0 Å². The van der Waals surface area contributed by atoms with Gasteiger partial charge in [-0.25, -0.2) is 0 Å². The molecule has 0 aliphatic carbocycles. The fourth-order valence-electron chi connectivity index (χ4n) is 2.51. The molecule has 0 bridgehead atoms. The molecular formula is C19H14N2. The summed E-state index contributed by atoms with van der Waals surface area (Å²) < 4.78 is 0. The molecular weight excluding hydrogens is 256 g/mol. The average molecular weight is 270 g/mol. The van der Waals surface area contributed by atoms with E-state index in [0.717, 1.165) is 27.9 Å². The first-order valence-corrected chi connectivity index (χ1v) is 6.82. The van der Waals surface area contributed by atoms with Gasteiger partial charge in [-0.3, -0.25) is 4.98 Å². The molecule has 0 aliphatic rings. The van der Waals surface area contributed by atoms with Crippen LogP contribution in [-0.2, 0) is 0 Å². The highest BCUT2D eigenvalue weighted by Crippen LogP contribution is 2.33. The lowest BCUT2D eigenvalue weighted by Crippen LogP contribution is -1.92. The van der Waals surface area contributed by atoms with Crippen LogP contribution in [0.2, 0.25) is 0 Å². The second kappa shape index (κ2) is 5.60. The SMILES string of the molecule is Cc1cccnc1-c1ccccc1-c1ccccc1C#N. The number of pyridine rings is 1. The van der Waals surface area contributed by atoms with Crippen LogP contribution in [0.3, 0.4) is 0 Å². The number of benzene rings is 2. The zero-order valence-electron chi connectivity index (χ0n) is 11.7. The summed E-state index contributed by atoms with van der Waals surface area (Å²) in [6.07, 6.45) is 1.80. The minimum atomic E-state index is 0.679. The first kappa shape index (κ1) is 13.1. The zero-order valence-corrected chi connectivity index (χ0v) is 11.7. The third-order valence-electron chi connectivity index (χ3n) is 3.53. The molecule has 0 saturated carbocycles.